The standard InChI is InChI=1S/C28H29N3O3S2/c1-4-34-28(33)24-17(2)25(18(3)32)36-27(24)30-15-22(14-29)26-31-23(16-35-26)21-12-10-20(11-13-21)19-8-6-5-7-9-19/h10-13,15-16,19,30H,4-9H2,1-3H3. The molecule has 0 saturated heterocycles. The summed E-state index contributed by atoms with van der Waals surface area (Å²) in [7, 11) is 0. The fourth-order valence-corrected chi connectivity index (χ4v) is 6.43. The summed E-state index contributed by atoms with van der Waals surface area (Å²) in [5, 5.41) is 15.9. The van der Waals surface area contributed by atoms with Crippen LogP contribution in [0, 0.1) is 18.3 Å². The van der Waals surface area contributed by atoms with Crippen LogP contribution in [0.5, 0.6) is 0 Å². The minimum absolute atomic E-state index is 0.125. The number of nitrogens with one attached hydrogen (secondary N) is 1. The molecule has 0 bridgehead atoms. The molecule has 2 heterocycles. The summed E-state index contributed by atoms with van der Waals surface area (Å²) in [6.45, 7) is 5.15. The van der Waals surface area contributed by atoms with E-state index >= 15 is 0 Å². The number of ether oxygens (including phenoxy) is 1. The summed E-state index contributed by atoms with van der Waals surface area (Å²) in [5.74, 6) is 0.0305. The van der Waals surface area contributed by atoms with Crippen LogP contribution in [-0.2, 0) is 4.74 Å². The number of benzene rings is 1. The quantitative estimate of drug-likeness (QED) is 0.187. The lowest BCUT2D eigenvalue weighted by molar-refractivity contribution is 0.0527. The van der Waals surface area contributed by atoms with Gasteiger partial charge in [0, 0.05) is 17.1 Å². The number of ketones is 1. The molecule has 6 nitrogen and oxygen atoms in total. The van der Waals surface area contributed by atoms with Gasteiger partial charge in [-0.05, 0) is 50.7 Å². The number of esters is 1. The lowest BCUT2D eigenvalue weighted by atomic mass is 9.84. The highest BCUT2D eigenvalue weighted by Gasteiger charge is 2.24. The lowest BCUT2D eigenvalue weighted by Crippen LogP contribution is -2.08. The Balaban J connectivity index is 1.55. The second kappa shape index (κ2) is 11.6. The molecular weight excluding hydrogens is 490 g/mol. The third kappa shape index (κ3) is 5.58. The molecule has 1 fully saturated rings. The summed E-state index contributed by atoms with van der Waals surface area (Å²) >= 11 is 2.57. The number of allylic oxidation sites excluding steroid dienone is 1. The van der Waals surface area contributed by atoms with E-state index in [-0.39, 0.29) is 12.4 Å². The molecule has 1 saturated carbocycles. The maximum Gasteiger partial charge on any atom is 0.341 e. The maximum atomic E-state index is 12.5. The molecule has 1 aliphatic rings. The number of nitriles is 1. The predicted molar refractivity (Wildman–Crippen MR) is 146 cm³/mol. The number of hydrogen-bond donors (Lipinski definition) is 1. The largest absolute Gasteiger partial charge is 0.462 e. The van der Waals surface area contributed by atoms with Crippen LogP contribution in [0.2, 0.25) is 0 Å². The fourth-order valence-electron chi connectivity index (χ4n) is 4.57. The van der Waals surface area contributed by atoms with Gasteiger partial charge in [0.25, 0.3) is 0 Å². The first-order chi connectivity index (χ1) is 17.4. The van der Waals surface area contributed by atoms with Gasteiger partial charge < -0.3 is 10.1 Å². The first-order valence-corrected chi connectivity index (χ1v) is 13.9. The van der Waals surface area contributed by atoms with Gasteiger partial charge in [-0.1, -0.05) is 43.5 Å². The summed E-state index contributed by atoms with van der Waals surface area (Å²) in [5.41, 5.74) is 4.47. The molecule has 0 aliphatic heterocycles. The van der Waals surface area contributed by atoms with Crippen LogP contribution in [-0.4, -0.2) is 23.3 Å². The number of rotatable bonds is 8. The van der Waals surface area contributed by atoms with Crippen LogP contribution in [0.15, 0.2) is 35.8 Å². The zero-order valence-corrected chi connectivity index (χ0v) is 22.4. The highest BCUT2D eigenvalue weighted by molar-refractivity contribution is 7.18. The van der Waals surface area contributed by atoms with Crippen LogP contribution in [0.25, 0.3) is 16.8 Å². The van der Waals surface area contributed by atoms with Crippen molar-refractivity contribution >= 4 is 45.0 Å². The van der Waals surface area contributed by atoms with Gasteiger partial charge in [-0.2, -0.15) is 5.26 Å². The van der Waals surface area contributed by atoms with Crippen molar-refractivity contribution in [1.29, 1.82) is 5.26 Å². The Labute approximate surface area is 219 Å². The van der Waals surface area contributed by atoms with Gasteiger partial charge in [0.1, 0.15) is 21.7 Å². The number of thiazole rings is 1. The molecule has 3 aromatic rings. The number of anilines is 1. The third-order valence-electron chi connectivity index (χ3n) is 6.43. The number of hydrogen-bond acceptors (Lipinski definition) is 8. The zero-order valence-electron chi connectivity index (χ0n) is 20.7. The van der Waals surface area contributed by atoms with E-state index in [1.165, 1.54) is 73.5 Å². The Morgan fingerprint density at radius 2 is 1.94 bits per heavy atom. The van der Waals surface area contributed by atoms with Crippen LogP contribution in [0.1, 0.15) is 88.0 Å². The first kappa shape index (κ1) is 25.8. The normalized spacial score (nSPS) is 14.3. The monoisotopic (exact) mass is 519 g/mol. The molecule has 1 aliphatic carbocycles. The zero-order chi connectivity index (χ0) is 25.7. The lowest BCUT2D eigenvalue weighted by Gasteiger charge is -2.22. The maximum absolute atomic E-state index is 12.5. The molecular formula is C28H29N3O3S2. The Bertz CT molecular complexity index is 1320. The van der Waals surface area contributed by atoms with Crippen LogP contribution in [0.3, 0.4) is 0 Å². The van der Waals surface area contributed by atoms with E-state index in [0.717, 1.165) is 11.3 Å². The molecule has 186 valence electrons. The molecule has 36 heavy (non-hydrogen) atoms. The minimum atomic E-state index is -0.499. The van der Waals surface area contributed by atoms with Crippen LogP contribution in [0.4, 0.5) is 5.00 Å². The average molecular weight is 520 g/mol. The Morgan fingerprint density at radius 1 is 1.22 bits per heavy atom. The fraction of sp³-hybridized carbons (Fsp3) is 0.357. The summed E-state index contributed by atoms with van der Waals surface area (Å²) in [6.07, 6.45) is 8.02. The number of Topliss-reactive ketones (excluding diaryl/α,β-unsaturated/α-hetero) is 1. The van der Waals surface area contributed by atoms with Crippen LogP contribution < -0.4 is 5.32 Å². The predicted octanol–water partition coefficient (Wildman–Crippen LogP) is 7.58. The SMILES string of the molecule is CCOC(=O)c1c(NC=C(C#N)c2nc(-c3ccc(C4CCCCC4)cc3)cs2)sc(C(C)=O)c1C. The van der Waals surface area contributed by atoms with Gasteiger partial charge in [0.2, 0.25) is 0 Å². The van der Waals surface area contributed by atoms with Crippen molar-refractivity contribution in [2.24, 2.45) is 0 Å². The number of carbonyl (C=O) groups excluding carboxylic acids is 2. The molecule has 0 atom stereocenters. The topological polar surface area (TPSA) is 92.1 Å². The molecule has 1 aromatic carbocycles. The summed E-state index contributed by atoms with van der Waals surface area (Å²) in [6, 6.07) is 10.8. The van der Waals surface area contributed by atoms with Crippen molar-refractivity contribution in [3.63, 3.8) is 0 Å². The van der Waals surface area contributed by atoms with Crippen molar-refractivity contribution in [3.8, 4) is 17.3 Å². The van der Waals surface area contributed by atoms with Crippen molar-refractivity contribution in [3.05, 3.63) is 62.4 Å². The number of carbonyl (C=O) groups is 2. The van der Waals surface area contributed by atoms with Crippen molar-refractivity contribution in [2.75, 3.05) is 11.9 Å². The minimum Gasteiger partial charge on any atom is -0.462 e. The first-order valence-electron chi connectivity index (χ1n) is 12.2. The Hall–Kier alpha value is -3.28. The Morgan fingerprint density at radius 3 is 2.58 bits per heavy atom. The number of aromatic nitrogens is 1. The van der Waals surface area contributed by atoms with Gasteiger partial charge in [-0.25, -0.2) is 9.78 Å². The number of thiophene rings is 1. The number of nitrogens with zero attached hydrogens (tertiary/aromatic N) is 2. The van der Waals surface area contributed by atoms with E-state index in [4.69, 9.17) is 4.74 Å². The van der Waals surface area contributed by atoms with E-state index in [9.17, 15) is 14.9 Å². The van der Waals surface area contributed by atoms with Crippen molar-refractivity contribution < 1.29 is 14.3 Å². The molecule has 0 radical (unpaired) electrons. The molecule has 8 heteroatoms. The molecule has 0 spiro atoms. The molecule has 4 rings (SSSR count). The Kier molecular flexibility index (Phi) is 8.34. The van der Waals surface area contributed by atoms with Crippen molar-refractivity contribution in [2.45, 2.75) is 58.8 Å². The van der Waals surface area contributed by atoms with Gasteiger partial charge in [0.15, 0.2) is 5.78 Å². The van der Waals surface area contributed by atoms with E-state index in [0.29, 0.717) is 37.5 Å². The highest BCUT2D eigenvalue weighted by atomic mass is 32.1. The second-order valence-electron chi connectivity index (χ2n) is 8.85. The van der Waals surface area contributed by atoms with E-state index < -0.39 is 5.97 Å². The van der Waals surface area contributed by atoms with Gasteiger partial charge in [-0.15, -0.1) is 22.7 Å². The van der Waals surface area contributed by atoms with E-state index in [1.54, 1.807) is 13.8 Å². The van der Waals surface area contributed by atoms with Gasteiger partial charge in [0.05, 0.1) is 22.7 Å². The summed E-state index contributed by atoms with van der Waals surface area (Å²) in [4.78, 5) is 29.7. The average Bonchev–Trinajstić information content (AvgIpc) is 3.50. The van der Waals surface area contributed by atoms with Crippen molar-refractivity contribution in [1.82, 2.24) is 4.98 Å². The molecule has 0 amide bonds. The highest BCUT2D eigenvalue weighted by Crippen LogP contribution is 2.36. The van der Waals surface area contributed by atoms with Crippen LogP contribution >= 0.6 is 22.7 Å². The molecule has 1 N–H and O–H groups in total. The van der Waals surface area contributed by atoms with Gasteiger partial charge in [-0.3, -0.25) is 4.79 Å². The van der Waals surface area contributed by atoms with E-state index in [1.807, 2.05) is 5.38 Å². The molecule has 2 aromatic heterocycles. The smallest absolute Gasteiger partial charge is 0.341 e. The van der Waals surface area contributed by atoms with E-state index in [2.05, 4.69) is 40.6 Å². The summed E-state index contributed by atoms with van der Waals surface area (Å²) < 4.78 is 5.18. The molecule has 0 unspecified atom stereocenters. The van der Waals surface area contributed by atoms with Gasteiger partial charge >= 0.3 is 5.97 Å². The second-order valence-corrected chi connectivity index (χ2v) is 10.7. The third-order valence-corrected chi connectivity index (χ3v) is 8.63.